The second-order valence-electron chi connectivity index (χ2n) is 6.65. The maximum Gasteiger partial charge on any atom is 0.416 e. The molecule has 0 unspecified atom stereocenters. The summed E-state index contributed by atoms with van der Waals surface area (Å²) in [7, 11) is 0. The molecule has 1 amide bonds. The molecule has 140 valence electrons. The zero-order valence-corrected chi connectivity index (χ0v) is 14.2. The molecule has 1 aliphatic rings. The fraction of sp³-hybridized carbons (Fsp3) is 0.444. The van der Waals surface area contributed by atoms with Crippen LogP contribution < -0.4 is 5.73 Å². The Kier molecular flexibility index (Phi) is 5.31. The predicted octanol–water partition coefficient (Wildman–Crippen LogP) is 2.77. The number of imidazole rings is 1. The van der Waals surface area contributed by atoms with Crippen LogP contribution >= 0.6 is 0 Å². The molecular weight excluding hydrogens is 345 g/mol. The van der Waals surface area contributed by atoms with Gasteiger partial charge in [0.1, 0.15) is 12.4 Å². The standard InChI is InChI=1S/C18H21F3N4O/c19-18(20,21)15-5-1-3-13(9-15)10-24-7-2-4-14(11-24)17-23-6-8-25(17)12-16(22)26/h1,3,5-6,8-9,14H,2,4,7,10-12H2,(H2,22,26)/t14-/m0/s1. The highest BCUT2D eigenvalue weighted by Gasteiger charge is 2.31. The monoisotopic (exact) mass is 366 g/mol. The first-order valence-electron chi connectivity index (χ1n) is 8.51. The highest BCUT2D eigenvalue weighted by atomic mass is 19.4. The molecule has 0 aliphatic carbocycles. The third kappa shape index (κ3) is 4.43. The third-order valence-corrected chi connectivity index (χ3v) is 4.61. The molecule has 1 fully saturated rings. The number of primary amides is 1. The number of likely N-dealkylation sites (tertiary alicyclic amines) is 1. The summed E-state index contributed by atoms with van der Waals surface area (Å²) in [6.45, 7) is 2.05. The van der Waals surface area contributed by atoms with Crippen LogP contribution in [0.4, 0.5) is 13.2 Å². The van der Waals surface area contributed by atoms with Gasteiger partial charge in [-0.2, -0.15) is 13.2 Å². The van der Waals surface area contributed by atoms with E-state index < -0.39 is 17.6 Å². The number of nitrogens with two attached hydrogens (primary N) is 1. The molecule has 1 atom stereocenters. The molecule has 2 N–H and O–H groups in total. The Bertz CT molecular complexity index is 772. The zero-order valence-electron chi connectivity index (χ0n) is 14.2. The van der Waals surface area contributed by atoms with E-state index in [1.807, 2.05) is 0 Å². The number of carbonyl (C=O) groups excluding carboxylic acids is 1. The highest BCUT2D eigenvalue weighted by molar-refractivity contribution is 5.73. The number of amides is 1. The molecule has 2 aromatic rings. The first-order valence-corrected chi connectivity index (χ1v) is 8.51. The Hall–Kier alpha value is -2.35. The Morgan fingerprint density at radius 2 is 2.15 bits per heavy atom. The van der Waals surface area contributed by atoms with Crippen LogP contribution in [0.1, 0.15) is 35.7 Å². The van der Waals surface area contributed by atoms with Crippen molar-refractivity contribution in [3.05, 3.63) is 53.6 Å². The molecular formula is C18H21F3N4O. The Labute approximate surface area is 149 Å². The molecule has 1 aromatic heterocycles. The van der Waals surface area contributed by atoms with Gasteiger partial charge in [0.15, 0.2) is 0 Å². The lowest BCUT2D eigenvalue weighted by atomic mass is 9.96. The van der Waals surface area contributed by atoms with Gasteiger partial charge < -0.3 is 10.3 Å². The molecule has 2 heterocycles. The molecule has 1 saturated heterocycles. The van der Waals surface area contributed by atoms with Crippen molar-refractivity contribution < 1.29 is 18.0 Å². The fourth-order valence-corrected chi connectivity index (χ4v) is 3.50. The number of carbonyl (C=O) groups is 1. The molecule has 0 bridgehead atoms. The summed E-state index contributed by atoms with van der Waals surface area (Å²) in [5, 5.41) is 0. The Morgan fingerprint density at radius 1 is 1.35 bits per heavy atom. The predicted molar refractivity (Wildman–Crippen MR) is 90.1 cm³/mol. The maximum atomic E-state index is 12.9. The molecule has 3 rings (SSSR count). The van der Waals surface area contributed by atoms with Gasteiger partial charge in [0.2, 0.25) is 5.91 Å². The van der Waals surface area contributed by atoms with Crippen molar-refractivity contribution in [1.29, 1.82) is 0 Å². The lowest BCUT2D eigenvalue weighted by Gasteiger charge is -2.32. The molecule has 1 aliphatic heterocycles. The first kappa shape index (κ1) is 18.4. The molecule has 1 aromatic carbocycles. The van der Waals surface area contributed by atoms with Gasteiger partial charge in [0, 0.05) is 31.4 Å². The average molecular weight is 366 g/mol. The quantitative estimate of drug-likeness (QED) is 0.885. The maximum absolute atomic E-state index is 12.9. The minimum Gasteiger partial charge on any atom is -0.368 e. The Balaban J connectivity index is 1.70. The van der Waals surface area contributed by atoms with E-state index in [2.05, 4.69) is 9.88 Å². The second kappa shape index (κ2) is 7.49. The van der Waals surface area contributed by atoms with Crippen LogP contribution in [-0.4, -0.2) is 33.4 Å². The van der Waals surface area contributed by atoms with Crippen LogP contribution in [0.15, 0.2) is 36.7 Å². The molecule has 8 heteroatoms. The van der Waals surface area contributed by atoms with Gasteiger partial charge in [-0.15, -0.1) is 0 Å². The van der Waals surface area contributed by atoms with E-state index in [0.29, 0.717) is 18.7 Å². The number of piperidine rings is 1. The molecule has 0 saturated carbocycles. The van der Waals surface area contributed by atoms with Crippen molar-refractivity contribution >= 4 is 5.91 Å². The number of hydrogen-bond acceptors (Lipinski definition) is 3. The Morgan fingerprint density at radius 3 is 2.88 bits per heavy atom. The topological polar surface area (TPSA) is 64.2 Å². The summed E-state index contributed by atoms with van der Waals surface area (Å²) < 4.78 is 40.4. The molecule has 5 nitrogen and oxygen atoms in total. The summed E-state index contributed by atoms with van der Waals surface area (Å²) in [5.41, 5.74) is 5.29. The van der Waals surface area contributed by atoms with E-state index in [0.717, 1.165) is 31.3 Å². The van der Waals surface area contributed by atoms with Gasteiger partial charge in [-0.3, -0.25) is 9.69 Å². The van der Waals surface area contributed by atoms with E-state index >= 15 is 0 Å². The number of hydrogen-bond donors (Lipinski definition) is 1. The minimum absolute atomic E-state index is 0.0828. The van der Waals surface area contributed by atoms with Crippen LogP contribution in [0.25, 0.3) is 0 Å². The van der Waals surface area contributed by atoms with E-state index in [4.69, 9.17) is 5.73 Å². The van der Waals surface area contributed by atoms with Crippen molar-refractivity contribution in [3.63, 3.8) is 0 Å². The summed E-state index contributed by atoms with van der Waals surface area (Å²) in [5.74, 6) is 0.502. The number of nitrogens with zero attached hydrogens (tertiary/aromatic N) is 3. The number of rotatable bonds is 5. The largest absolute Gasteiger partial charge is 0.416 e. The first-order chi connectivity index (χ1) is 12.3. The summed E-state index contributed by atoms with van der Waals surface area (Å²) >= 11 is 0. The van der Waals surface area contributed by atoms with Crippen LogP contribution in [0, 0.1) is 0 Å². The molecule has 26 heavy (non-hydrogen) atoms. The van der Waals surface area contributed by atoms with Crippen molar-refractivity contribution in [1.82, 2.24) is 14.5 Å². The number of alkyl halides is 3. The van der Waals surface area contributed by atoms with Crippen LogP contribution in [0.3, 0.4) is 0 Å². The smallest absolute Gasteiger partial charge is 0.368 e. The van der Waals surface area contributed by atoms with E-state index in [1.54, 1.807) is 23.0 Å². The molecule has 0 radical (unpaired) electrons. The lowest BCUT2D eigenvalue weighted by molar-refractivity contribution is -0.137. The molecule has 0 spiro atoms. The van der Waals surface area contributed by atoms with Crippen molar-refractivity contribution in [2.45, 2.75) is 38.0 Å². The van der Waals surface area contributed by atoms with Gasteiger partial charge in [0.25, 0.3) is 0 Å². The van der Waals surface area contributed by atoms with Gasteiger partial charge in [0.05, 0.1) is 5.56 Å². The van der Waals surface area contributed by atoms with Crippen molar-refractivity contribution in [2.75, 3.05) is 13.1 Å². The third-order valence-electron chi connectivity index (χ3n) is 4.61. The minimum atomic E-state index is -4.33. The zero-order chi connectivity index (χ0) is 18.7. The fourth-order valence-electron chi connectivity index (χ4n) is 3.50. The number of benzene rings is 1. The average Bonchev–Trinajstić information content (AvgIpc) is 3.02. The van der Waals surface area contributed by atoms with Gasteiger partial charge >= 0.3 is 6.18 Å². The van der Waals surface area contributed by atoms with Crippen molar-refractivity contribution in [3.8, 4) is 0 Å². The summed E-state index contributed by atoms with van der Waals surface area (Å²) in [6.07, 6.45) is 0.887. The number of aromatic nitrogens is 2. The van der Waals surface area contributed by atoms with E-state index in [9.17, 15) is 18.0 Å². The van der Waals surface area contributed by atoms with E-state index in [1.165, 1.54) is 12.1 Å². The number of halogens is 3. The van der Waals surface area contributed by atoms with Crippen LogP contribution in [-0.2, 0) is 24.1 Å². The van der Waals surface area contributed by atoms with Crippen LogP contribution in [0.2, 0.25) is 0 Å². The van der Waals surface area contributed by atoms with Crippen molar-refractivity contribution in [2.24, 2.45) is 5.73 Å². The summed E-state index contributed by atoms with van der Waals surface area (Å²) in [6, 6.07) is 5.45. The lowest BCUT2D eigenvalue weighted by Crippen LogP contribution is -2.35. The van der Waals surface area contributed by atoms with Gasteiger partial charge in [-0.1, -0.05) is 18.2 Å². The normalized spacial score (nSPS) is 18.8. The SMILES string of the molecule is NC(=O)Cn1ccnc1[C@H]1CCCN(Cc2cccc(C(F)(F)F)c2)C1. The van der Waals surface area contributed by atoms with Crippen LogP contribution in [0.5, 0.6) is 0 Å². The second-order valence-corrected chi connectivity index (χ2v) is 6.65. The summed E-state index contributed by atoms with van der Waals surface area (Å²) in [4.78, 5) is 17.7. The van der Waals surface area contributed by atoms with Gasteiger partial charge in [-0.05, 0) is 31.0 Å². The van der Waals surface area contributed by atoms with E-state index in [-0.39, 0.29) is 12.5 Å². The van der Waals surface area contributed by atoms with Gasteiger partial charge in [-0.25, -0.2) is 4.98 Å². The highest BCUT2D eigenvalue weighted by Crippen LogP contribution is 2.31.